The van der Waals surface area contributed by atoms with Crippen molar-refractivity contribution in [1.29, 1.82) is 0 Å². The molecule has 1 aromatic rings. The fourth-order valence-corrected chi connectivity index (χ4v) is 3.02. The molecule has 0 aromatic heterocycles. The molecule has 0 bridgehead atoms. The first kappa shape index (κ1) is 17.6. The molecule has 0 spiro atoms. The van der Waals surface area contributed by atoms with Crippen LogP contribution in [0.5, 0.6) is 0 Å². The highest BCUT2D eigenvalue weighted by Crippen LogP contribution is 2.46. The van der Waals surface area contributed by atoms with Gasteiger partial charge in [0.25, 0.3) is 0 Å². The van der Waals surface area contributed by atoms with Crippen molar-refractivity contribution in [2.75, 3.05) is 0 Å². The molecule has 5 heteroatoms. The molecule has 1 saturated carbocycles. The molecular weight excluding hydrogens is 302 g/mol. The minimum Gasteiger partial charge on any atom is -0.460 e. The van der Waals surface area contributed by atoms with Crippen LogP contribution >= 0.6 is 0 Å². The van der Waals surface area contributed by atoms with Gasteiger partial charge in [-0.1, -0.05) is 50.1 Å². The summed E-state index contributed by atoms with van der Waals surface area (Å²) in [6, 6.07) is 9.00. The average molecular weight is 324 g/mol. The first-order valence-electron chi connectivity index (χ1n) is 8.02. The number of hydrogen-bond acceptors (Lipinski definition) is 3. The highest BCUT2D eigenvalue weighted by Gasteiger charge is 2.56. The van der Waals surface area contributed by atoms with E-state index >= 15 is 0 Å². The summed E-state index contributed by atoms with van der Waals surface area (Å²) in [5, 5.41) is 0. The Hall–Kier alpha value is -1.78. The van der Waals surface area contributed by atoms with Gasteiger partial charge in [0.15, 0.2) is 5.78 Å². The number of alkyl halides is 2. The number of ketones is 1. The number of benzene rings is 1. The van der Waals surface area contributed by atoms with Crippen molar-refractivity contribution in [2.45, 2.75) is 58.0 Å². The molecule has 0 aliphatic heterocycles. The lowest BCUT2D eigenvalue weighted by atomic mass is 9.68. The van der Waals surface area contributed by atoms with E-state index in [1.54, 1.807) is 24.3 Å². The predicted octanol–water partition coefficient (Wildman–Crippen LogP) is 4.29. The minimum absolute atomic E-state index is 0.00754. The van der Waals surface area contributed by atoms with Gasteiger partial charge in [-0.3, -0.25) is 9.59 Å². The fourth-order valence-electron chi connectivity index (χ4n) is 3.02. The Balaban J connectivity index is 2.16. The molecule has 0 saturated heterocycles. The van der Waals surface area contributed by atoms with E-state index in [0.29, 0.717) is 6.42 Å². The highest BCUT2D eigenvalue weighted by molar-refractivity contribution is 6.04. The van der Waals surface area contributed by atoms with Crippen LogP contribution in [-0.2, 0) is 20.9 Å². The van der Waals surface area contributed by atoms with Gasteiger partial charge in [-0.15, -0.1) is 0 Å². The number of Topliss-reactive ketones (excluding diaryl/α,β-unsaturated/α-hetero) is 1. The van der Waals surface area contributed by atoms with Crippen LogP contribution in [0.4, 0.5) is 8.78 Å². The Morgan fingerprint density at radius 1 is 1.26 bits per heavy atom. The first-order valence-corrected chi connectivity index (χ1v) is 8.02. The van der Waals surface area contributed by atoms with Crippen molar-refractivity contribution in [3.63, 3.8) is 0 Å². The number of unbranched alkanes of at least 4 members (excludes halogenated alkanes) is 1. The van der Waals surface area contributed by atoms with E-state index in [0.717, 1.165) is 12.0 Å². The summed E-state index contributed by atoms with van der Waals surface area (Å²) in [6.45, 7) is 1.89. The molecule has 0 N–H and O–H groups in total. The second kappa shape index (κ2) is 7.20. The quantitative estimate of drug-likeness (QED) is 0.579. The van der Waals surface area contributed by atoms with Crippen molar-refractivity contribution in [2.24, 2.45) is 5.41 Å². The molecule has 3 nitrogen and oxygen atoms in total. The summed E-state index contributed by atoms with van der Waals surface area (Å²) in [5.41, 5.74) is -0.923. The maximum absolute atomic E-state index is 13.9. The zero-order valence-electron chi connectivity index (χ0n) is 13.3. The zero-order chi connectivity index (χ0) is 16.9. The number of carbonyl (C=O) groups excluding carboxylic acids is 2. The summed E-state index contributed by atoms with van der Waals surface area (Å²) < 4.78 is 33.0. The Labute approximate surface area is 135 Å². The second-order valence-corrected chi connectivity index (χ2v) is 6.20. The molecule has 0 amide bonds. The molecule has 1 fully saturated rings. The second-order valence-electron chi connectivity index (χ2n) is 6.20. The number of halogens is 2. The molecule has 1 aliphatic rings. The molecule has 1 aliphatic carbocycles. The number of hydrogen-bond donors (Lipinski definition) is 0. The van der Waals surface area contributed by atoms with Crippen LogP contribution in [0.3, 0.4) is 0 Å². The fraction of sp³-hybridized carbons (Fsp3) is 0.556. The lowest BCUT2D eigenvalue weighted by Gasteiger charge is -2.37. The average Bonchev–Trinajstić information content (AvgIpc) is 2.54. The maximum atomic E-state index is 13.9. The normalized spacial score (nSPS) is 23.5. The largest absolute Gasteiger partial charge is 0.460 e. The summed E-state index contributed by atoms with van der Waals surface area (Å²) in [5.74, 6) is -4.21. The molecule has 0 heterocycles. The van der Waals surface area contributed by atoms with Crippen molar-refractivity contribution >= 4 is 11.8 Å². The first-order chi connectivity index (χ1) is 10.9. The van der Waals surface area contributed by atoms with Crippen molar-refractivity contribution < 1.29 is 23.1 Å². The third-order valence-electron chi connectivity index (χ3n) is 4.37. The van der Waals surface area contributed by atoms with E-state index in [1.807, 2.05) is 13.0 Å². The topological polar surface area (TPSA) is 43.4 Å². The van der Waals surface area contributed by atoms with Crippen LogP contribution in [0.2, 0.25) is 0 Å². The highest BCUT2D eigenvalue weighted by atomic mass is 19.3. The van der Waals surface area contributed by atoms with Gasteiger partial charge in [-0.25, -0.2) is 8.78 Å². The van der Waals surface area contributed by atoms with E-state index in [2.05, 4.69) is 0 Å². The molecule has 1 atom stereocenters. The third kappa shape index (κ3) is 4.15. The number of ether oxygens (including phenoxy) is 1. The zero-order valence-corrected chi connectivity index (χ0v) is 13.3. The Bertz CT molecular complexity index is 557. The molecule has 2 rings (SSSR count). The molecule has 126 valence electrons. The number of rotatable bonds is 6. The molecular formula is C18H22F2O3. The van der Waals surface area contributed by atoms with Gasteiger partial charge < -0.3 is 4.74 Å². The lowest BCUT2D eigenvalue weighted by molar-refractivity contribution is -0.175. The number of esters is 1. The SMILES string of the molecule is CCCCC1(C(=O)OCc2ccccc2)CC(F)(F)CCC1=O. The third-order valence-corrected chi connectivity index (χ3v) is 4.37. The Morgan fingerprint density at radius 2 is 1.96 bits per heavy atom. The lowest BCUT2D eigenvalue weighted by Crippen LogP contribution is -2.48. The van der Waals surface area contributed by atoms with Crippen LogP contribution in [0.25, 0.3) is 0 Å². The van der Waals surface area contributed by atoms with E-state index in [4.69, 9.17) is 4.74 Å². The van der Waals surface area contributed by atoms with Crippen LogP contribution in [0, 0.1) is 5.41 Å². The van der Waals surface area contributed by atoms with Crippen molar-refractivity contribution in [3.05, 3.63) is 35.9 Å². The van der Waals surface area contributed by atoms with Crippen LogP contribution < -0.4 is 0 Å². The van der Waals surface area contributed by atoms with Crippen molar-refractivity contribution in [1.82, 2.24) is 0 Å². The van der Waals surface area contributed by atoms with Gasteiger partial charge >= 0.3 is 5.97 Å². The summed E-state index contributed by atoms with van der Waals surface area (Å²) in [6.07, 6.45) is -0.0738. The summed E-state index contributed by atoms with van der Waals surface area (Å²) in [7, 11) is 0. The van der Waals surface area contributed by atoms with Gasteiger partial charge in [0.1, 0.15) is 12.0 Å². The minimum atomic E-state index is -2.99. The summed E-state index contributed by atoms with van der Waals surface area (Å²) >= 11 is 0. The molecule has 1 aromatic carbocycles. The Kier molecular flexibility index (Phi) is 5.50. The van der Waals surface area contributed by atoms with Gasteiger partial charge in [0.05, 0.1) is 0 Å². The van der Waals surface area contributed by atoms with Gasteiger partial charge in [0, 0.05) is 19.3 Å². The maximum Gasteiger partial charge on any atom is 0.320 e. The van der Waals surface area contributed by atoms with Gasteiger partial charge in [0.2, 0.25) is 5.92 Å². The van der Waals surface area contributed by atoms with Gasteiger partial charge in [-0.2, -0.15) is 0 Å². The van der Waals surface area contributed by atoms with Gasteiger partial charge in [-0.05, 0) is 12.0 Å². The molecule has 23 heavy (non-hydrogen) atoms. The number of carbonyl (C=O) groups is 2. The standard InChI is InChI=1S/C18H22F2O3/c1-2-3-10-17(13-18(19,20)11-9-15(17)21)16(22)23-12-14-7-5-4-6-8-14/h4-8H,2-3,9-13H2,1H3. The van der Waals surface area contributed by atoms with Crippen LogP contribution in [-0.4, -0.2) is 17.7 Å². The molecule has 0 radical (unpaired) electrons. The van der Waals surface area contributed by atoms with E-state index in [-0.39, 0.29) is 19.4 Å². The predicted molar refractivity (Wildman–Crippen MR) is 82.0 cm³/mol. The van der Waals surface area contributed by atoms with E-state index in [9.17, 15) is 18.4 Å². The molecule has 1 unspecified atom stereocenters. The van der Waals surface area contributed by atoms with Crippen LogP contribution in [0.1, 0.15) is 51.0 Å². The Morgan fingerprint density at radius 3 is 2.61 bits per heavy atom. The monoisotopic (exact) mass is 324 g/mol. The van der Waals surface area contributed by atoms with E-state index < -0.39 is 35.9 Å². The smallest absolute Gasteiger partial charge is 0.320 e. The summed E-state index contributed by atoms with van der Waals surface area (Å²) in [4.78, 5) is 24.8. The van der Waals surface area contributed by atoms with Crippen LogP contribution in [0.15, 0.2) is 30.3 Å². The van der Waals surface area contributed by atoms with Crippen molar-refractivity contribution in [3.8, 4) is 0 Å². The van der Waals surface area contributed by atoms with E-state index in [1.165, 1.54) is 0 Å².